The van der Waals surface area contributed by atoms with Gasteiger partial charge in [-0.25, -0.2) is 0 Å². The summed E-state index contributed by atoms with van der Waals surface area (Å²) in [5.41, 5.74) is 3.42. The molecular weight excluding hydrogens is 275 g/mol. The molecule has 0 aliphatic rings. The fourth-order valence-electron chi connectivity index (χ4n) is 1.67. The normalized spacial score (nSPS) is 15.2. The lowest BCUT2D eigenvalue weighted by Crippen LogP contribution is -2.03. The van der Waals surface area contributed by atoms with Crippen LogP contribution in [0.3, 0.4) is 0 Å². The van der Waals surface area contributed by atoms with E-state index in [1.807, 2.05) is 0 Å². The van der Waals surface area contributed by atoms with Crippen molar-refractivity contribution < 1.29 is 19.5 Å². The molecule has 0 aliphatic heterocycles. The van der Waals surface area contributed by atoms with Crippen molar-refractivity contribution >= 4 is 7.60 Å². The summed E-state index contributed by atoms with van der Waals surface area (Å²) < 4.78 is 10.8. The van der Waals surface area contributed by atoms with E-state index in [2.05, 4.69) is 32.9 Å². The van der Waals surface area contributed by atoms with Crippen LogP contribution < -0.4 is 0 Å². The van der Waals surface area contributed by atoms with Gasteiger partial charge in [-0.05, 0) is 59.5 Å². The molecule has 0 radical (unpaired) electrons. The van der Waals surface area contributed by atoms with Gasteiger partial charge < -0.3 is 14.9 Å². The van der Waals surface area contributed by atoms with E-state index >= 15 is 0 Å². The molecule has 0 unspecified atom stereocenters. The number of allylic oxidation sites excluding steroid dienone is 5. The van der Waals surface area contributed by atoms with Crippen molar-refractivity contribution in [1.82, 2.24) is 0 Å². The molecule has 1 atom stereocenters. The highest BCUT2D eigenvalue weighted by Gasteiger charge is 2.23. The maximum atomic E-state index is 10.8. The molecule has 0 aromatic carbocycles. The third-order valence-corrected chi connectivity index (χ3v) is 3.74. The molecule has 4 nitrogen and oxygen atoms in total. The summed E-state index contributed by atoms with van der Waals surface area (Å²) in [6.07, 6.45) is 9.16. The Morgan fingerprint density at radius 2 is 1.50 bits per heavy atom. The van der Waals surface area contributed by atoms with Crippen LogP contribution in [-0.4, -0.2) is 20.7 Å². The lowest BCUT2D eigenvalue weighted by atomic mass is 10.1. The molecule has 0 aromatic rings. The van der Waals surface area contributed by atoms with E-state index < -0.39 is 13.4 Å². The Labute approximate surface area is 122 Å². The minimum atomic E-state index is -4.43. The molecule has 5 heteroatoms. The zero-order valence-corrected chi connectivity index (χ0v) is 13.7. The molecule has 0 saturated heterocycles. The van der Waals surface area contributed by atoms with E-state index in [4.69, 9.17) is 9.79 Å². The van der Waals surface area contributed by atoms with Crippen molar-refractivity contribution in [2.24, 2.45) is 0 Å². The fourth-order valence-corrected chi connectivity index (χ4v) is 2.12. The monoisotopic (exact) mass is 302 g/mol. The van der Waals surface area contributed by atoms with Crippen LogP contribution in [-0.2, 0) is 4.57 Å². The van der Waals surface area contributed by atoms with Crippen LogP contribution in [0.25, 0.3) is 0 Å². The number of hydrogen-bond donors (Lipinski definition) is 3. The van der Waals surface area contributed by atoms with E-state index in [9.17, 15) is 9.67 Å². The summed E-state index contributed by atoms with van der Waals surface area (Å²) in [6, 6.07) is 0. The minimum absolute atomic E-state index is 0.692. The fraction of sp³-hybridized carbons (Fsp3) is 0.600. The van der Waals surface area contributed by atoms with Gasteiger partial charge in [0.1, 0.15) is 0 Å². The highest BCUT2D eigenvalue weighted by molar-refractivity contribution is 7.52. The zero-order valence-electron chi connectivity index (χ0n) is 12.8. The molecule has 0 spiro atoms. The highest BCUT2D eigenvalue weighted by atomic mass is 31.2. The molecular formula is C15H27O4P. The molecule has 0 fully saturated rings. The molecule has 0 saturated carbocycles. The van der Waals surface area contributed by atoms with E-state index in [0.29, 0.717) is 6.42 Å². The van der Waals surface area contributed by atoms with E-state index in [0.717, 1.165) is 24.8 Å². The lowest BCUT2D eigenvalue weighted by molar-refractivity contribution is 0.237. The van der Waals surface area contributed by atoms with Gasteiger partial charge >= 0.3 is 7.60 Å². The predicted molar refractivity (Wildman–Crippen MR) is 83.5 cm³/mol. The van der Waals surface area contributed by atoms with Gasteiger partial charge in [-0.2, -0.15) is 0 Å². The van der Waals surface area contributed by atoms with E-state index in [1.54, 1.807) is 6.92 Å². The zero-order chi connectivity index (χ0) is 15.8. The summed E-state index contributed by atoms with van der Waals surface area (Å²) >= 11 is 0. The van der Waals surface area contributed by atoms with Gasteiger partial charge in [-0.3, -0.25) is 4.57 Å². The van der Waals surface area contributed by atoms with Gasteiger partial charge in [0.15, 0.2) is 5.85 Å². The molecule has 0 aromatic heterocycles. The average molecular weight is 302 g/mol. The smallest absolute Gasteiger partial charge is 0.357 e. The molecule has 0 bridgehead atoms. The molecule has 0 rings (SSSR count). The Balaban J connectivity index is 4.19. The lowest BCUT2D eigenvalue weighted by Gasteiger charge is -2.09. The van der Waals surface area contributed by atoms with Crippen molar-refractivity contribution in [3.63, 3.8) is 0 Å². The van der Waals surface area contributed by atoms with Gasteiger partial charge in [0.05, 0.1) is 0 Å². The minimum Gasteiger partial charge on any atom is -0.377 e. The number of hydrogen-bond acceptors (Lipinski definition) is 2. The summed E-state index contributed by atoms with van der Waals surface area (Å²) in [7, 11) is -4.43. The van der Waals surface area contributed by atoms with Crippen molar-refractivity contribution in [2.45, 2.75) is 59.2 Å². The van der Waals surface area contributed by atoms with Crippen molar-refractivity contribution in [2.75, 3.05) is 0 Å². The van der Waals surface area contributed by atoms with E-state index in [-0.39, 0.29) is 0 Å². The van der Waals surface area contributed by atoms with Crippen LogP contribution in [0.2, 0.25) is 0 Å². The van der Waals surface area contributed by atoms with Gasteiger partial charge in [0, 0.05) is 0 Å². The quantitative estimate of drug-likeness (QED) is 0.469. The largest absolute Gasteiger partial charge is 0.377 e. The third-order valence-electron chi connectivity index (χ3n) is 2.90. The van der Waals surface area contributed by atoms with Gasteiger partial charge in [-0.15, -0.1) is 0 Å². The van der Waals surface area contributed by atoms with Crippen LogP contribution in [0.15, 0.2) is 34.9 Å². The molecule has 116 valence electrons. The van der Waals surface area contributed by atoms with Crippen molar-refractivity contribution in [3.8, 4) is 0 Å². The van der Waals surface area contributed by atoms with E-state index in [1.165, 1.54) is 17.2 Å². The van der Waals surface area contributed by atoms with Gasteiger partial charge in [0.2, 0.25) is 0 Å². The molecule has 20 heavy (non-hydrogen) atoms. The molecule has 3 N–H and O–H groups in total. The Hall–Kier alpha value is -0.670. The average Bonchev–Trinajstić information content (AvgIpc) is 2.26. The predicted octanol–water partition coefficient (Wildman–Crippen LogP) is 3.90. The topological polar surface area (TPSA) is 77.8 Å². The Morgan fingerprint density at radius 3 is 2.00 bits per heavy atom. The second-order valence-electron chi connectivity index (χ2n) is 5.43. The maximum absolute atomic E-state index is 10.8. The third kappa shape index (κ3) is 10.2. The Morgan fingerprint density at radius 1 is 1.00 bits per heavy atom. The molecule has 0 amide bonds. The first-order valence-corrected chi connectivity index (χ1v) is 8.50. The number of aliphatic hydroxyl groups excluding tert-OH is 1. The van der Waals surface area contributed by atoms with Crippen LogP contribution >= 0.6 is 7.60 Å². The SMILES string of the molecule is CC(C)=CCC/C(C)=C\CC/C(C)=C/[C@H](O)P(=O)(O)O. The summed E-state index contributed by atoms with van der Waals surface area (Å²) in [5, 5.41) is 9.27. The first-order valence-electron chi connectivity index (χ1n) is 6.82. The first-order chi connectivity index (χ1) is 9.12. The van der Waals surface area contributed by atoms with Crippen LogP contribution in [0.1, 0.15) is 53.4 Å². The van der Waals surface area contributed by atoms with Crippen molar-refractivity contribution in [1.29, 1.82) is 0 Å². The second kappa shape index (κ2) is 9.30. The Kier molecular flexibility index (Phi) is 8.99. The summed E-state index contributed by atoms with van der Waals surface area (Å²) in [5.74, 6) is -1.69. The highest BCUT2D eigenvalue weighted by Crippen LogP contribution is 2.40. The standard InChI is InChI=1S/C15H27O4P/c1-12(2)7-5-8-13(3)9-6-10-14(4)11-15(16)20(17,18)19/h7,9,11,15-16H,5-6,8,10H2,1-4H3,(H2,17,18,19)/b13-9-,14-11+/t15-/m1/s1. The number of rotatable bonds is 8. The molecule has 0 aliphatic carbocycles. The van der Waals surface area contributed by atoms with Crippen LogP contribution in [0, 0.1) is 0 Å². The molecule has 0 heterocycles. The summed E-state index contributed by atoms with van der Waals surface area (Å²) in [6.45, 7) is 8.02. The number of aliphatic hydroxyl groups is 1. The maximum Gasteiger partial charge on any atom is 0.357 e. The van der Waals surface area contributed by atoms with Crippen LogP contribution in [0.4, 0.5) is 0 Å². The Bertz CT molecular complexity index is 425. The summed E-state index contributed by atoms with van der Waals surface area (Å²) in [4.78, 5) is 17.6. The van der Waals surface area contributed by atoms with Crippen molar-refractivity contribution in [3.05, 3.63) is 34.9 Å². The van der Waals surface area contributed by atoms with Crippen LogP contribution in [0.5, 0.6) is 0 Å². The van der Waals surface area contributed by atoms with Gasteiger partial charge in [-0.1, -0.05) is 28.9 Å². The first kappa shape index (κ1) is 19.3. The second-order valence-corrected chi connectivity index (χ2v) is 7.13. The van der Waals surface area contributed by atoms with Gasteiger partial charge in [0.25, 0.3) is 0 Å².